The van der Waals surface area contributed by atoms with Gasteiger partial charge in [-0.15, -0.1) is 10.2 Å². The van der Waals surface area contributed by atoms with Crippen LogP contribution < -0.4 is 5.73 Å². The molecule has 5 heteroatoms. The third kappa shape index (κ3) is 1.94. The summed E-state index contributed by atoms with van der Waals surface area (Å²) in [4.78, 5) is 4.21. The van der Waals surface area contributed by atoms with Crippen LogP contribution in [0.15, 0.2) is 22.7 Å². The van der Waals surface area contributed by atoms with E-state index in [1.807, 2.05) is 26.0 Å². The summed E-state index contributed by atoms with van der Waals surface area (Å²) < 4.78 is 5.49. The van der Waals surface area contributed by atoms with Gasteiger partial charge in [0.25, 0.3) is 5.89 Å². The summed E-state index contributed by atoms with van der Waals surface area (Å²) in [6.07, 6.45) is 2.47. The minimum atomic E-state index is -0.203. The van der Waals surface area contributed by atoms with Gasteiger partial charge in [-0.25, -0.2) is 0 Å². The van der Waals surface area contributed by atoms with Crippen LogP contribution in [0.4, 0.5) is 0 Å². The molecule has 84 valence electrons. The first kappa shape index (κ1) is 10.8. The Hall–Kier alpha value is -1.75. The van der Waals surface area contributed by atoms with Crippen molar-refractivity contribution >= 4 is 0 Å². The van der Waals surface area contributed by atoms with Crippen LogP contribution in [0, 0.1) is 6.92 Å². The van der Waals surface area contributed by atoms with E-state index in [1.165, 1.54) is 0 Å². The van der Waals surface area contributed by atoms with Crippen molar-refractivity contribution in [1.82, 2.24) is 15.2 Å². The summed E-state index contributed by atoms with van der Waals surface area (Å²) in [7, 11) is 0. The van der Waals surface area contributed by atoms with E-state index in [0.717, 1.165) is 12.0 Å². The number of hydrogen-bond acceptors (Lipinski definition) is 5. The smallest absolute Gasteiger partial charge is 0.266 e. The number of rotatable bonds is 3. The van der Waals surface area contributed by atoms with E-state index < -0.39 is 0 Å². The predicted molar refractivity (Wildman–Crippen MR) is 59.5 cm³/mol. The van der Waals surface area contributed by atoms with Crippen LogP contribution in [0.5, 0.6) is 0 Å². The van der Waals surface area contributed by atoms with E-state index in [4.69, 9.17) is 10.2 Å². The summed E-state index contributed by atoms with van der Waals surface area (Å²) in [6.45, 7) is 3.92. The van der Waals surface area contributed by atoms with Crippen LogP contribution in [0.25, 0.3) is 11.6 Å². The summed E-state index contributed by atoms with van der Waals surface area (Å²) in [5, 5.41) is 7.88. The van der Waals surface area contributed by atoms with Crippen LogP contribution in [-0.4, -0.2) is 15.2 Å². The molecular formula is C11H14N4O. The highest BCUT2D eigenvalue weighted by Crippen LogP contribution is 2.21. The van der Waals surface area contributed by atoms with Crippen molar-refractivity contribution in [1.29, 1.82) is 0 Å². The summed E-state index contributed by atoms with van der Waals surface area (Å²) in [5.41, 5.74) is 7.52. The lowest BCUT2D eigenvalue weighted by molar-refractivity contribution is 0.451. The first-order chi connectivity index (χ1) is 7.72. The molecule has 0 bridgehead atoms. The van der Waals surface area contributed by atoms with Gasteiger partial charge >= 0.3 is 0 Å². The van der Waals surface area contributed by atoms with E-state index in [2.05, 4.69) is 15.2 Å². The largest absolute Gasteiger partial charge is 0.418 e. The monoisotopic (exact) mass is 218 g/mol. The standard InChI is InChI=1S/C11H14N4O/c1-3-8(12)10-14-15-11(16-10)9-7(2)5-4-6-13-9/h4-6,8H,3,12H2,1-2H3. The van der Waals surface area contributed by atoms with E-state index >= 15 is 0 Å². The molecule has 0 aliphatic heterocycles. The third-order valence-electron chi connectivity index (χ3n) is 2.41. The Balaban J connectivity index is 2.35. The second kappa shape index (κ2) is 4.40. The van der Waals surface area contributed by atoms with E-state index in [1.54, 1.807) is 6.20 Å². The molecule has 0 fully saturated rings. The molecular weight excluding hydrogens is 204 g/mol. The Labute approximate surface area is 93.7 Å². The van der Waals surface area contributed by atoms with Crippen molar-refractivity contribution < 1.29 is 4.42 Å². The van der Waals surface area contributed by atoms with Gasteiger partial charge in [-0.2, -0.15) is 0 Å². The molecule has 0 radical (unpaired) electrons. The maximum absolute atomic E-state index is 5.81. The minimum Gasteiger partial charge on any atom is -0.418 e. The van der Waals surface area contributed by atoms with Crippen LogP contribution in [0.1, 0.15) is 30.8 Å². The van der Waals surface area contributed by atoms with Gasteiger partial charge in [0.2, 0.25) is 5.89 Å². The lowest BCUT2D eigenvalue weighted by Gasteiger charge is -2.01. The summed E-state index contributed by atoms with van der Waals surface area (Å²) in [6, 6.07) is 3.62. The van der Waals surface area contributed by atoms with Gasteiger partial charge in [0.05, 0.1) is 6.04 Å². The number of nitrogens with two attached hydrogens (primary N) is 1. The highest BCUT2D eigenvalue weighted by atomic mass is 16.4. The first-order valence-corrected chi connectivity index (χ1v) is 5.23. The van der Waals surface area contributed by atoms with E-state index in [-0.39, 0.29) is 6.04 Å². The maximum atomic E-state index is 5.81. The van der Waals surface area contributed by atoms with Crippen LogP contribution in [0.3, 0.4) is 0 Å². The van der Waals surface area contributed by atoms with Gasteiger partial charge in [0, 0.05) is 6.20 Å². The zero-order valence-electron chi connectivity index (χ0n) is 9.34. The molecule has 1 atom stereocenters. The molecule has 2 rings (SSSR count). The predicted octanol–water partition coefficient (Wildman–Crippen LogP) is 1.85. The van der Waals surface area contributed by atoms with Crippen LogP contribution >= 0.6 is 0 Å². The lowest BCUT2D eigenvalue weighted by Crippen LogP contribution is -2.08. The lowest BCUT2D eigenvalue weighted by atomic mass is 10.2. The zero-order valence-corrected chi connectivity index (χ0v) is 9.34. The van der Waals surface area contributed by atoms with E-state index in [0.29, 0.717) is 17.5 Å². The molecule has 0 aliphatic rings. The molecule has 0 amide bonds. The Kier molecular flexibility index (Phi) is 2.96. The number of aromatic nitrogens is 3. The van der Waals surface area contributed by atoms with Crippen molar-refractivity contribution in [2.45, 2.75) is 26.3 Å². The first-order valence-electron chi connectivity index (χ1n) is 5.23. The number of hydrogen-bond donors (Lipinski definition) is 1. The fraction of sp³-hybridized carbons (Fsp3) is 0.364. The summed E-state index contributed by atoms with van der Waals surface area (Å²) >= 11 is 0. The number of aryl methyl sites for hydroxylation is 1. The molecule has 2 aromatic rings. The molecule has 0 spiro atoms. The highest BCUT2D eigenvalue weighted by Gasteiger charge is 2.15. The molecule has 1 unspecified atom stereocenters. The van der Waals surface area contributed by atoms with Crippen molar-refractivity contribution in [3.8, 4) is 11.6 Å². The second-order valence-corrected chi connectivity index (χ2v) is 3.63. The molecule has 2 N–H and O–H groups in total. The molecule has 16 heavy (non-hydrogen) atoms. The summed E-state index contributed by atoms with van der Waals surface area (Å²) in [5.74, 6) is 0.888. The van der Waals surface area contributed by atoms with Crippen molar-refractivity contribution in [2.24, 2.45) is 5.73 Å². The Morgan fingerprint density at radius 2 is 2.25 bits per heavy atom. The van der Waals surface area contributed by atoms with Gasteiger partial charge in [0.15, 0.2) is 0 Å². The fourth-order valence-electron chi connectivity index (χ4n) is 1.36. The topological polar surface area (TPSA) is 77.8 Å². The zero-order chi connectivity index (χ0) is 11.5. The average molecular weight is 218 g/mol. The van der Waals surface area contributed by atoms with E-state index in [9.17, 15) is 0 Å². The normalized spacial score (nSPS) is 12.7. The van der Waals surface area contributed by atoms with Crippen molar-refractivity contribution in [3.63, 3.8) is 0 Å². The van der Waals surface area contributed by atoms with Crippen LogP contribution in [0.2, 0.25) is 0 Å². The molecule has 5 nitrogen and oxygen atoms in total. The minimum absolute atomic E-state index is 0.203. The average Bonchev–Trinajstić information content (AvgIpc) is 2.78. The van der Waals surface area contributed by atoms with Gasteiger partial charge in [-0.3, -0.25) is 4.98 Å². The van der Waals surface area contributed by atoms with Gasteiger partial charge < -0.3 is 10.2 Å². The number of pyridine rings is 1. The Morgan fingerprint density at radius 3 is 2.94 bits per heavy atom. The van der Waals surface area contributed by atoms with Gasteiger partial charge in [0.1, 0.15) is 5.69 Å². The van der Waals surface area contributed by atoms with Crippen molar-refractivity contribution in [2.75, 3.05) is 0 Å². The molecule has 0 aromatic carbocycles. The molecule has 0 aliphatic carbocycles. The molecule has 0 saturated heterocycles. The van der Waals surface area contributed by atoms with Crippen molar-refractivity contribution in [3.05, 3.63) is 29.8 Å². The molecule has 2 heterocycles. The van der Waals surface area contributed by atoms with Crippen LogP contribution in [-0.2, 0) is 0 Å². The SMILES string of the molecule is CCC(N)c1nnc(-c2ncccc2C)o1. The highest BCUT2D eigenvalue weighted by molar-refractivity contribution is 5.51. The number of nitrogens with zero attached hydrogens (tertiary/aromatic N) is 3. The fourth-order valence-corrected chi connectivity index (χ4v) is 1.36. The quantitative estimate of drug-likeness (QED) is 0.850. The van der Waals surface area contributed by atoms with Gasteiger partial charge in [-0.05, 0) is 25.0 Å². The second-order valence-electron chi connectivity index (χ2n) is 3.63. The molecule has 0 saturated carbocycles. The molecule has 2 aromatic heterocycles. The Bertz CT molecular complexity index is 480. The third-order valence-corrected chi connectivity index (χ3v) is 2.41. The van der Waals surface area contributed by atoms with Gasteiger partial charge in [-0.1, -0.05) is 13.0 Å². The maximum Gasteiger partial charge on any atom is 0.266 e. The Morgan fingerprint density at radius 1 is 1.44 bits per heavy atom.